The Kier molecular flexibility index (Phi) is 2.58. The summed E-state index contributed by atoms with van der Waals surface area (Å²) in [6.45, 7) is 3.54. The Labute approximate surface area is 72.9 Å². The second-order valence-corrected chi connectivity index (χ2v) is 3.00. The summed E-state index contributed by atoms with van der Waals surface area (Å²) in [5.74, 6) is -0.120. The van der Waals surface area contributed by atoms with Crippen LogP contribution < -0.4 is 0 Å². The first-order chi connectivity index (χ1) is 5.88. The second kappa shape index (κ2) is 3.35. The molecule has 13 heavy (non-hydrogen) atoms. The van der Waals surface area contributed by atoms with Gasteiger partial charge >= 0.3 is 6.18 Å². The maximum Gasteiger partial charge on any atom is 0.396 e. The lowest BCUT2D eigenvalue weighted by molar-refractivity contribution is -0.128. The number of rotatable bonds is 2. The molecular formula is C7H9F3N2O. The van der Waals surface area contributed by atoms with Crippen LogP contribution in [0.3, 0.4) is 0 Å². The molecule has 6 heteroatoms. The van der Waals surface area contributed by atoms with Crippen LogP contribution in [0, 0.1) is 0 Å². The first-order valence-electron chi connectivity index (χ1n) is 3.77. The Morgan fingerprint density at radius 3 is 2.38 bits per heavy atom. The van der Waals surface area contributed by atoms with Gasteiger partial charge in [-0.05, 0) is 0 Å². The van der Waals surface area contributed by atoms with E-state index in [4.69, 9.17) is 0 Å². The lowest BCUT2D eigenvalue weighted by atomic mass is 10.2. The summed E-state index contributed by atoms with van der Waals surface area (Å²) >= 11 is 0. The molecule has 1 aromatic heterocycles. The molecule has 0 fully saturated rings. The van der Waals surface area contributed by atoms with Crippen LogP contribution in [-0.4, -0.2) is 16.3 Å². The lowest BCUT2D eigenvalue weighted by Gasteiger charge is -1.99. The van der Waals surface area contributed by atoms with Crippen molar-refractivity contribution in [2.75, 3.05) is 0 Å². The van der Waals surface area contributed by atoms with Gasteiger partial charge < -0.3 is 4.52 Å². The molecule has 3 nitrogen and oxygen atoms in total. The van der Waals surface area contributed by atoms with E-state index in [1.807, 2.05) is 0 Å². The fourth-order valence-electron chi connectivity index (χ4n) is 0.753. The van der Waals surface area contributed by atoms with E-state index in [9.17, 15) is 13.2 Å². The van der Waals surface area contributed by atoms with Crippen LogP contribution in [0.5, 0.6) is 0 Å². The highest BCUT2D eigenvalue weighted by molar-refractivity contribution is 4.92. The van der Waals surface area contributed by atoms with Gasteiger partial charge in [0, 0.05) is 5.92 Å². The molecule has 74 valence electrons. The average Bonchev–Trinajstić information content (AvgIpc) is 2.31. The Morgan fingerprint density at radius 2 is 2.00 bits per heavy atom. The Hall–Kier alpha value is -1.07. The Bertz CT molecular complexity index is 280. The number of alkyl halides is 3. The normalized spacial score (nSPS) is 12.5. The molecule has 0 aromatic carbocycles. The van der Waals surface area contributed by atoms with Crippen LogP contribution in [0.1, 0.15) is 31.5 Å². The number of hydrogen-bond acceptors (Lipinski definition) is 3. The molecule has 0 spiro atoms. The van der Waals surface area contributed by atoms with E-state index in [2.05, 4.69) is 14.7 Å². The van der Waals surface area contributed by atoms with Crippen LogP contribution in [-0.2, 0) is 6.42 Å². The lowest BCUT2D eigenvalue weighted by Crippen LogP contribution is -2.12. The topological polar surface area (TPSA) is 38.9 Å². The molecule has 0 aliphatic carbocycles. The van der Waals surface area contributed by atoms with Crippen molar-refractivity contribution in [1.82, 2.24) is 10.1 Å². The minimum absolute atomic E-state index is 0.0468. The van der Waals surface area contributed by atoms with Crippen LogP contribution in [0.2, 0.25) is 0 Å². The molecule has 0 amide bonds. The van der Waals surface area contributed by atoms with Crippen molar-refractivity contribution in [3.05, 3.63) is 11.7 Å². The second-order valence-electron chi connectivity index (χ2n) is 3.00. The van der Waals surface area contributed by atoms with E-state index in [0.29, 0.717) is 0 Å². The summed E-state index contributed by atoms with van der Waals surface area (Å²) in [7, 11) is 0. The third kappa shape index (κ3) is 3.04. The number of aromatic nitrogens is 2. The molecular weight excluding hydrogens is 185 g/mol. The van der Waals surface area contributed by atoms with Crippen molar-refractivity contribution in [3.8, 4) is 0 Å². The molecule has 0 N–H and O–H groups in total. The molecule has 0 atom stereocenters. The zero-order chi connectivity index (χ0) is 10.1. The number of halogens is 3. The largest absolute Gasteiger partial charge is 0.396 e. The van der Waals surface area contributed by atoms with E-state index < -0.39 is 12.6 Å². The van der Waals surface area contributed by atoms with E-state index in [1.54, 1.807) is 13.8 Å². The predicted octanol–water partition coefficient (Wildman–Crippen LogP) is 2.30. The minimum atomic E-state index is -4.28. The monoisotopic (exact) mass is 194 g/mol. The summed E-state index contributed by atoms with van der Waals surface area (Å²) in [4.78, 5) is 3.60. The molecule has 1 aromatic rings. The maximum absolute atomic E-state index is 11.8. The molecule has 0 saturated heterocycles. The third-order valence-electron chi connectivity index (χ3n) is 1.34. The standard InChI is InChI=1S/C7H9F3N2O/c1-4(2)6-11-5(12-13-6)3-7(8,9)10/h4H,3H2,1-2H3. The molecule has 0 unspecified atom stereocenters. The van der Waals surface area contributed by atoms with Crippen LogP contribution in [0.15, 0.2) is 4.52 Å². The van der Waals surface area contributed by atoms with Crippen molar-refractivity contribution < 1.29 is 17.7 Å². The van der Waals surface area contributed by atoms with Crippen LogP contribution in [0.25, 0.3) is 0 Å². The fraction of sp³-hybridized carbons (Fsp3) is 0.714. The number of hydrogen-bond donors (Lipinski definition) is 0. The van der Waals surface area contributed by atoms with Gasteiger partial charge in [-0.1, -0.05) is 19.0 Å². The van der Waals surface area contributed by atoms with Gasteiger partial charge in [0.25, 0.3) is 0 Å². The zero-order valence-electron chi connectivity index (χ0n) is 7.22. The Balaban J connectivity index is 2.70. The summed E-state index contributed by atoms with van der Waals surface area (Å²) in [5.41, 5.74) is 0. The smallest absolute Gasteiger partial charge is 0.339 e. The molecule has 0 radical (unpaired) electrons. The molecule has 1 heterocycles. The first kappa shape index (κ1) is 10.0. The summed E-state index contributed by atoms with van der Waals surface area (Å²) in [5, 5.41) is 3.22. The van der Waals surface area contributed by atoms with Gasteiger partial charge in [0.1, 0.15) is 6.42 Å². The Morgan fingerprint density at radius 1 is 1.38 bits per heavy atom. The van der Waals surface area contributed by atoms with Gasteiger partial charge in [-0.2, -0.15) is 18.2 Å². The third-order valence-corrected chi connectivity index (χ3v) is 1.34. The highest BCUT2D eigenvalue weighted by atomic mass is 19.4. The molecule has 0 aliphatic heterocycles. The maximum atomic E-state index is 11.8. The van der Waals surface area contributed by atoms with E-state index in [0.717, 1.165) is 0 Å². The molecule has 0 aliphatic rings. The zero-order valence-corrected chi connectivity index (χ0v) is 7.22. The summed E-state index contributed by atoms with van der Waals surface area (Å²) < 4.78 is 40.1. The summed E-state index contributed by atoms with van der Waals surface area (Å²) in [6, 6.07) is 0. The van der Waals surface area contributed by atoms with Gasteiger partial charge in [0.2, 0.25) is 5.89 Å². The summed E-state index contributed by atoms with van der Waals surface area (Å²) in [6.07, 6.45) is -5.42. The van der Waals surface area contributed by atoms with Gasteiger partial charge in [-0.25, -0.2) is 0 Å². The van der Waals surface area contributed by atoms with Crippen molar-refractivity contribution in [2.45, 2.75) is 32.4 Å². The predicted molar refractivity (Wildman–Crippen MR) is 38.1 cm³/mol. The van der Waals surface area contributed by atoms with Crippen LogP contribution >= 0.6 is 0 Å². The minimum Gasteiger partial charge on any atom is -0.339 e. The van der Waals surface area contributed by atoms with E-state index in [1.165, 1.54) is 0 Å². The van der Waals surface area contributed by atoms with Crippen molar-refractivity contribution in [3.63, 3.8) is 0 Å². The highest BCUT2D eigenvalue weighted by Gasteiger charge is 2.30. The SMILES string of the molecule is CC(C)c1nc(CC(F)(F)F)no1. The van der Waals surface area contributed by atoms with Crippen molar-refractivity contribution in [2.24, 2.45) is 0 Å². The van der Waals surface area contributed by atoms with Crippen LogP contribution in [0.4, 0.5) is 13.2 Å². The fourth-order valence-corrected chi connectivity index (χ4v) is 0.753. The van der Waals surface area contributed by atoms with E-state index in [-0.39, 0.29) is 17.6 Å². The molecule has 0 bridgehead atoms. The van der Waals surface area contributed by atoms with Gasteiger partial charge in [0.05, 0.1) is 0 Å². The average molecular weight is 194 g/mol. The molecule has 1 rings (SSSR count). The van der Waals surface area contributed by atoms with Gasteiger partial charge in [-0.3, -0.25) is 0 Å². The molecule has 0 saturated carbocycles. The van der Waals surface area contributed by atoms with E-state index >= 15 is 0 Å². The van der Waals surface area contributed by atoms with Crippen molar-refractivity contribution in [1.29, 1.82) is 0 Å². The van der Waals surface area contributed by atoms with Gasteiger partial charge in [-0.15, -0.1) is 0 Å². The van der Waals surface area contributed by atoms with Crippen molar-refractivity contribution >= 4 is 0 Å². The highest BCUT2D eigenvalue weighted by Crippen LogP contribution is 2.20. The van der Waals surface area contributed by atoms with Gasteiger partial charge in [0.15, 0.2) is 5.82 Å². The number of nitrogens with zero attached hydrogens (tertiary/aromatic N) is 2. The first-order valence-corrected chi connectivity index (χ1v) is 3.77. The quantitative estimate of drug-likeness (QED) is 0.725.